The summed E-state index contributed by atoms with van der Waals surface area (Å²) in [6, 6.07) is 17.2. The van der Waals surface area contributed by atoms with E-state index in [2.05, 4.69) is 41.6 Å². The average molecular weight is 321 g/mol. The highest BCUT2D eigenvalue weighted by molar-refractivity contribution is 6.05. The fourth-order valence-corrected chi connectivity index (χ4v) is 2.41. The van der Waals surface area contributed by atoms with Crippen molar-refractivity contribution in [1.29, 1.82) is 0 Å². The lowest BCUT2D eigenvalue weighted by atomic mass is 10.1. The van der Waals surface area contributed by atoms with E-state index in [-0.39, 0.29) is 5.91 Å². The Morgan fingerprint density at radius 1 is 1.12 bits per heavy atom. The topological polar surface area (TPSA) is 56.1 Å². The van der Waals surface area contributed by atoms with Gasteiger partial charge in [-0.25, -0.2) is 0 Å². The van der Waals surface area contributed by atoms with E-state index >= 15 is 0 Å². The Morgan fingerprint density at radius 2 is 1.88 bits per heavy atom. The van der Waals surface area contributed by atoms with Gasteiger partial charge in [0.2, 0.25) is 0 Å². The van der Waals surface area contributed by atoms with Crippen LogP contribution in [0, 0.1) is 6.92 Å². The molecule has 3 aromatic rings. The molecule has 0 fully saturated rings. The van der Waals surface area contributed by atoms with Crippen molar-refractivity contribution in [2.45, 2.75) is 13.5 Å². The number of nitrogens with zero attached hydrogens (tertiary/aromatic N) is 2. The minimum atomic E-state index is -0.243. The zero-order chi connectivity index (χ0) is 16.9. The Morgan fingerprint density at radius 3 is 2.62 bits per heavy atom. The first-order valence-corrected chi connectivity index (χ1v) is 7.69. The smallest absolute Gasteiger partial charge is 0.260 e. The van der Waals surface area contributed by atoms with Gasteiger partial charge in [-0.3, -0.25) is 9.48 Å². The van der Waals surface area contributed by atoms with Crippen molar-refractivity contribution in [2.24, 2.45) is 0 Å². The van der Waals surface area contributed by atoms with Crippen LogP contribution < -0.4 is 10.1 Å². The molecule has 0 radical (unpaired) electrons. The number of anilines is 1. The molecule has 0 unspecified atom stereocenters. The van der Waals surface area contributed by atoms with Gasteiger partial charge in [0, 0.05) is 12.3 Å². The molecule has 0 atom stereocenters. The molecule has 0 aliphatic carbocycles. The predicted molar refractivity (Wildman–Crippen MR) is 93.5 cm³/mol. The lowest BCUT2D eigenvalue weighted by molar-refractivity contribution is 0.102. The maximum atomic E-state index is 12.4. The number of rotatable bonds is 5. The minimum Gasteiger partial charge on any atom is -0.496 e. The Bertz CT molecular complexity index is 838. The number of carbonyl (C=O) groups excluding carboxylic acids is 1. The maximum absolute atomic E-state index is 12.4. The van der Waals surface area contributed by atoms with Crippen LogP contribution >= 0.6 is 0 Å². The van der Waals surface area contributed by atoms with Gasteiger partial charge >= 0.3 is 0 Å². The third-order valence-electron chi connectivity index (χ3n) is 3.70. The SMILES string of the molecule is COc1ccccc1C(=O)Nc1ccn(Cc2ccc(C)cc2)n1. The standard InChI is InChI=1S/C19H19N3O2/c1-14-7-9-15(10-8-14)13-22-12-11-18(21-22)20-19(23)16-5-3-4-6-17(16)24-2/h3-12H,13H2,1-2H3,(H,20,21,23). The number of carbonyl (C=O) groups is 1. The van der Waals surface area contributed by atoms with Gasteiger partial charge < -0.3 is 10.1 Å². The summed E-state index contributed by atoms with van der Waals surface area (Å²) >= 11 is 0. The third-order valence-corrected chi connectivity index (χ3v) is 3.70. The summed E-state index contributed by atoms with van der Waals surface area (Å²) in [6.07, 6.45) is 1.84. The Kier molecular flexibility index (Phi) is 4.61. The maximum Gasteiger partial charge on any atom is 0.260 e. The third kappa shape index (κ3) is 3.63. The molecule has 122 valence electrons. The first-order valence-electron chi connectivity index (χ1n) is 7.69. The van der Waals surface area contributed by atoms with Crippen LogP contribution in [0.15, 0.2) is 60.8 Å². The molecule has 0 aliphatic rings. The van der Waals surface area contributed by atoms with Gasteiger partial charge in [-0.1, -0.05) is 42.0 Å². The number of aromatic nitrogens is 2. The summed E-state index contributed by atoms with van der Waals surface area (Å²) in [4.78, 5) is 12.4. The number of hydrogen-bond donors (Lipinski definition) is 1. The normalized spacial score (nSPS) is 10.4. The largest absolute Gasteiger partial charge is 0.496 e. The zero-order valence-electron chi connectivity index (χ0n) is 13.7. The molecule has 1 N–H and O–H groups in total. The second kappa shape index (κ2) is 7.00. The van der Waals surface area contributed by atoms with E-state index in [1.54, 1.807) is 36.1 Å². The number of ether oxygens (including phenoxy) is 1. The quantitative estimate of drug-likeness (QED) is 0.782. The predicted octanol–water partition coefficient (Wildman–Crippen LogP) is 3.50. The summed E-state index contributed by atoms with van der Waals surface area (Å²) < 4.78 is 7.01. The van der Waals surface area contributed by atoms with Gasteiger partial charge in [0.15, 0.2) is 5.82 Å². The summed E-state index contributed by atoms with van der Waals surface area (Å²) in [7, 11) is 1.54. The van der Waals surface area contributed by atoms with E-state index in [1.807, 2.05) is 12.3 Å². The van der Waals surface area contributed by atoms with Crippen LogP contribution in [0.2, 0.25) is 0 Å². The molecule has 1 heterocycles. The lowest BCUT2D eigenvalue weighted by Gasteiger charge is -2.07. The monoisotopic (exact) mass is 321 g/mol. The van der Waals surface area contributed by atoms with Crippen LogP contribution in [-0.2, 0) is 6.54 Å². The molecule has 0 saturated heterocycles. The summed E-state index contributed by atoms with van der Waals surface area (Å²) in [6.45, 7) is 2.72. The van der Waals surface area contributed by atoms with Gasteiger partial charge in [0.1, 0.15) is 5.75 Å². The molecule has 1 aromatic heterocycles. The van der Waals surface area contributed by atoms with Crippen molar-refractivity contribution in [1.82, 2.24) is 9.78 Å². The second-order valence-electron chi connectivity index (χ2n) is 5.54. The molecule has 0 aliphatic heterocycles. The van der Waals surface area contributed by atoms with Crippen molar-refractivity contribution in [2.75, 3.05) is 12.4 Å². The van der Waals surface area contributed by atoms with Gasteiger partial charge in [-0.15, -0.1) is 0 Å². The van der Waals surface area contributed by atoms with Crippen LogP contribution in [-0.4, -0.2) is 22.8 Å². The highest BCUT2D eigenvalue weighted by Crippen LogP contribution is 2.18. The van der Waals surface area contributed by atoms with E-state index in [1.165, 1.54) is 5.56 Å². The van der Waals surface area contributed by atoms with Gasteiger partial charge in [-0.2, -0.15) is 5.10 Å². The van der Waals surface area contributed by atoms with E-state index in [0.717, 1.165) is 5.56 Å². The molecule has 5 nitrogen and oxygen atoms in total. The summed E-state index contributed by atoms with van der Waals surface area (Å²) in [5, 5.41) is 7.19. The Labute approximate surface area is 140 Å². The number of hydrogen-bond acceptors (Lipinski definition) is 3. The second-order valence-corrected chi connectivity index (χ2v) is 5.54. The van der Waals surface area contributed by atoms with Crippen LogP contribution in [0.1, 0.15) is 21.5 Å². The Hall–Kier alpha value is -3.08. The van der Waals surface area contributed by atoms with Crippen LogP contribution in [0.3, 0.4) is 0 Å². The lowest BCUT2D eigenvalue weighted by Crippen LogP contribution is -2.14. The molecular weight excluding hydrogens is 302 g/mol. The number of para-hydroxylation sites is 1. The summed E-state index contributed by atoms with van der Waals surface area (Å²) in [5.74, 6) is 0.806. The fraction of sp³-hybridized carbons (Fsp3) is 0.158. The molecular formula is C19H19N3O2. The van der Waals surface area contributed by atoms with Crippen molar-refractivity contribution < 1.29 is 9.53 Å². The molecule has 0 spiro atoms. The molecule has 24 heavy (non-hydrogen) atoms. The van der Waals surface area contributed by atoms with E-state index in [0.29, 0.717) is 23.7 Å². The fourth-order valence-electron chi connectivity index (χ4n) is 2.41. The average Bonchev–Trinajstić information content (AvgIpc) is 3.03. The van der Waals surface area contributed by atoms with Crippen LogP contribution in [0.5, 0.6) is 5.75 Å². The molecule has 0 saturated carbocycles. The number of benzene rings is 2. The van der Waals surface area contributed by atoms with Gasteiger partial charge in [0.25, 0.3) is 5.91 Å². The van der Waals surface area contributed by atoms with Gasteiger partial charge in [0.05, 0.1) is 19.2 Å². The van der Waals surface area contributed by atoms with Crippen LogP contribution in [0.25, 0.3) is 0 Å². The first kappa shape index (κ1) is 15.8. The van der Waals surface area contributed by atoms with Crippen molar-refractivity contribution in [3.8, 4) is 5.75 Å². The molecule has 3 rings (SSSR count). The molecule has 1 amide bonds. The van der Waals surface area contributed by atoms with E-state index < -0.39 is 0 Å². The Balaban J connectivity index is 1.69. The molecule has 2 aromatic carbocycles. The number of amides is 1. The van der Waals surface area contributed by atoms with E-state index in [9.17, 15) is 4.79 Å². The zero-order valence-corrected chi connectivity index (χ0v) is 13.7. The van der Waals surface area contributed by atoms with Crippen LogP contribution in [0.4, 0.5) is 5.82 Å². The first-order chi connectivity index (χ1) is 11.7. The molecule has 0 bridgehead atoms. The van der Waals surface area contributed by atoms with Crippen molar-refractivity contribution in [3.05, 3.63) is 77.5 Å². The highest BCUT2D eigenvalue weighted by Gasteiger charge is 2.12. The van der Waals surface area contributed by atoms with Crippen molar-refractivity contribution >= 4 is 11.7 Å². The molecule has 5 heteroatoms. The van der Waals surface area contributed by atoms with E-state index in [4.69, 9.17) is 4.74 Å². The minimum absolute atomic E-state index is 0.243. The summed E-state index contributed by atoms with van der Waals surface area (Å²) in [5.41, 5.74) is 2.86. The highest BCUT2D eigenvalue weighted by atomic mass is 16.5. The van der Waals surface area contributed by atoms with Crippen molar-refractivity contribution in [3.63, 3.8) is 0 Å². The number of nitrogens with one attached hydrogen (secondary N) is 1. The number of methoxy groups -OCH3 is 1. The van der Waals surface area contributed by atoms with Gasteiger partial charge in [-0.05, 0) is 24.6 Å². The number of aryl methyl sites for hydroxylation is 1.